The van der Waals surface area contributed by atoms with Gasteiger partial charge in [-0.3, -0.25) is 4.79 Å². The predicted octanol–water partition coefficient (Wildman–Crippen LogP) is 0.798. The Hall–Kier alpha value is -2.04. The second-order valence-corrected chi connectivity index (χ2v) is 3.04. The number of aliphatic carboxylic acids is 1. The first-order chi connectivity index (χ1) is 7.15. The third-order valence-corrected chi connectivity index (χ3v) is 2.01. The minimum absolute atomic E-state index is 0.00371. The fraction of sp³-hybridized carbons (Fsp3) is 0.200. The zero-order valence-electron chi connectivity index (χ0n) is 8.05. The molecule has 4 N–H and O–H groups in total. The molecule has 0 saturated heterocycles. The number of aryl methyl sites for hydroxylation is 1. The van der Waals surface area contributed by atoms with Crippen LogP contribution < -0.4 is 5.73 Å². The van der Waals surface area contributed by atoms with E-state index in [1.165, 1.54) is 0 Å². The molecule has 0 saturated carbocycles. The summed E-state index contributed by atoms with van der Waals surface area (Å²) in [5, 5.41) is 20.0. The van der Waals surface area contributed by atoms with Crippen molar-refractivity contribution in [3.05, 3.63) is 35.4 Å². The van der Waals surface area contributed by atoms with Crippen LogP contribution in [0.25, 0.3) is 0 Å². The van der Waals surface area contributed by atoms with Crippen molar-refractivity contribution in [3.63, 3.8) is 0 Å². The van der Waals surface area contributed by atoms with Crippen molar-refractivity contribution in [2.75, 3.05) is 0 Å². The molecule has 1 rings (SSSR count). The van der Waals surface area contributed by atoms with Crippen LogP contribution in [-0.4, -0.2) is 22.1 Å². The van der Waals surface area contributed by atoms with Crippen LogP contribution >= 0.6 is 0 Å². The first kappa shape index (κ1) is 11.0. The van der Waals surface area contributed by atoms with Gasteiger partial charge in [0, 0.05) is 12.0 Å². The summed E-state index contributed by atoms with van der Waals surface area (Å²) in [6.45, 7) is 0. The third kappa shape index (κ3) is 2.98. The Labute approximate surface area is 86.8 Å². The molecule has 0 atom stereocenters. The minimum atomic E-state index is -0.871. The molecule has 0 aliphatic rings. The van der Waals surface area contributed by atoms with Crippen LogP contribution in [0.4, 0.5) is 0 Å². The highest BCUT2D eigenvalue weighted by molar-refractivity contribution is 5.98. The molecule has 80 valence electrons. The molecule has 0 aromatic heterocycles. The molecule has 15 heavy (non-hydrogen) atoms. The molecular formula is C10H12N2O3. The zero-order valence-corrected chi connectivity index (χ0v) is 8.05. The van der Waals surface area contributed by atoms with E-state index in [9.17, 15) is 4.79 Å². The van der Waals surface area contributed by atoms with Crippen LogP contribution in [0.1, 0.15) is 17.5 Å². The number of nitrogens with two attached hydrogens (primary N) is 1. The largest absolute Gasteiger partial charge is 0.481 e. The lowest BCUT2D eigenvalue weighted by atomic mass is 10.0. The summed E-state index contributed by atoms with van der Waals surface area (Å²) in [6.07, 6.45) is 0.386. The summed E-state index contributed by atoms with van der Waals surface area (Å²) in [5.41, 5.74) is 6.78. The first-order valence-electron chi connectivity index (χ1n) is 4.42. The van der Waals surface area contributed by atoms with E-state index in [4.69, 9.17) is 16.0 Å². The van der Waals surface area contributed by atoms with E-state index in [0.29, 0.717) is 12.0 Å². The Balaban J connectivity index is 2.91. The lowest BCUT2D eigenvalue weighted by Crippen LogP contribution is -2.15. The molecule has 0 aliphatic heterocycles. The number of hydrogen-bond acceptors (Lipinski definition) is 3. The van der Waals surface area contributed by atoms with E-state index in [-0.39, 0.29) is 12.3 Å². The molecule has 0 radical (unpaired) electrons. The number of rotatable bonds is 4. The Morgan fingerprint density at radius 2 is 2.07 bits per heavy atom. The third-order valence-electron chi connectivity index (χ3n) is 2.01. The average Bonchev–Trinajstić information content (AvgIpc) is 2.25. The van der Waals surface area contributed by atoms with Gasteiger partial charge in [-0.1, -0.05) is 29.4 Å². The van der Waals surface area contributed by atoms with E-state index in [1.807, 2.05) is 0 Å². The molecule has 0 aliphatic carbocycles. The zero-order chi connectivity index (χ0) is 11.3. The number of carboxylic acids is 1. The maximum absolute atomic E-state index is 10.4. The van der Waals surface area contributed by atoms with E-state index in [1.54, 1.807) is 24.3 Å². The van der Waals surface area contributed by atoms with Crippen molar-refractivity contribution in [1.82, 2.24) is 0 Å². The highest BCUT2D eigenvalue weighted by Crippen LogP contribution is 2.10. The Bertz CT molecular complexity index is 388. The summed E-state index contributed by atoms with van der Waals surface area (Å²) in [5.74, 6) is -0.875. The quantitative estimate of drug-likeness (QED) is 0.295. The van der Waals surface area contributed by atoms with Gasteiger partial charge in [0.1, 0.15) is 0 Å². The molecule has 0 spiro atoms. The predicted molar refractivity (Wildman–Crippen MR) is 54.9 cm³/mol. The maximum Gasteiger partial charge on any atom is 0.303 e. The van der Waals surface area contributed by atoms with Gasteiger partial charge >= 0.3 is 5.97 Å². The van der Waals surface area contributed by atoms with E-state index < -0.39 is 5.97 Å². The number of carbonyl (C=O) groups is 1. The second-order valence-electron chi connectivity index (χ2n) is 3.04. The maximum atomic E-state index is 10.4. The van der Waals surface area contributed by atoms with Crippen molar-refractivity contribution in [1.29, 1.82) is 0 Å². The SMILES string of the molecule is NC(=NO)c1ccccc1CCC(=O)O. The summed E-state index contributed by atoms with van der Waals surface area (Å²) in [6, 6.07) is 6.98. The van der Waals surface area contributed by atoms with Crippen molar-refractivity contribution in [2.24, 2.45) is 10.9 Å². The van der Waals surface area contributed by atoms with Gasteiger partial charge in [0.15, 0.2) is 5.84 Å². The lowest BCUT2D eigenvalue weighted by Gasteiger charge is -2.06. The van der Waals surface area contributed by atoms with Crippen LogP contribution in [0.15, 0.2) is 29.4 Å². The van der Waals surface area contributed by atoms with E-state index in [0.717, 1.165) is 5.56 Å². The monoisotopic (exact) mass is 208 g/mol. The molecule has 5 nitrogen and oxygen atoms in total. The number of amidine groups is 1. The fourth-order valence-electron chi connectivity index (χ4n) is 1.28. The van der Waals surface area contributed by atoms with Gasteiger partial charge in [0.25, 0.3) is 0 Å². The van der Waals surface area contributed by atoms with Gasteiger partial charge in [-0.15, -0.1) is 0 Å². The summed E-state index contributed by atoms with van der Waals surface area (Å²) in [4.78, 5) is 10.4. The summed E-state index contributed by atoms with van der Waals surface area (Å²) < 4.78 is 0. The van der Waals surface area contributed by atoms with Gasteiger partial charge in [0.05, 0.1) is 0 Å². The number of benzene rings is 1. The molecule has 1 aromatic carbocycles. The summed E-state index contributed by atoms with van der Waals surface area (Å²) in [7, 11) is 0. The Morgan fingerprint density at radius 1 is 1.40 bits per heavy atom. The molecule has 5 heteroatoms. The van der Waals surface area contributed by atoms with Crippen molar-refractivity contribution < 1.29 is 15.1 Å². The molecule has 0 heterocycles. The van der Waals surface area contributed by atoms with E-state index >= 15 is 0 Å². The average molecular weight is 208 g/mol. The van der Waals surface area contributed by atoms with Crippen molar-refractivity contribution in [3.8, 4) is 0 Å². The second kappa shape index (κ2) is 4.99. The van der Waals surface area contributed by atoms with Crippen LogP contribution in [0.2, 0.25) is 0 Å². The fourth-order valence-corrected chi connectivity index (χ4v) is 1.28. The normalized spacial score (nSPS) is 11.3. The number of nitrogens with zero attached hydrogens (tertiary/aromatic N) is 1. The van der Waals surface area contributed by atoms with Gasteiger partial charge in [-0.2, -0.15) is 0 Å². The lowest BCUT2D eigenvalue weighted by molar-refractivity contribution is -0.136. The van der Waals surface area contributed by atoms with Crippen LogP contribution in [-0.2, 0) is 11.2 Å². The topological polar surface area (TPSA) is 95.9 Å². The molecule has 0 bridgehead atoms. The van der Waals surface area contributed by atoms with Crippen molar-refractivity contribution >= 4 is 11.8 Å². The molecule has 1 aromatic rings. The highest BCUT2D eigenvalue weighted by Gasteiger charge is 2.07. The Morgan fingerprint density at radius 3 is 2.67 bits per heavy atom. The number of oxime groups is 1. The van der Waals surface area contributed by atoms with Gasteiger partial charge in [-0.25, -0.2) is 0 Å². The first-order valence-corrected chi connectivity index (χ1v) is 4.42. The highest BCUT2D eigenvalue weighted by atomic mass is 16.4. The van der Waals surface area contributed by atoms with Crippen LogP contribution in [0.3, 0.4) is 0 Å². The molecule has 0 unspecified atom stereocenters. The number of hydrogen-bond donors (Lipinski definition) is 3. The van der Waals surface area contributed by atoms with Crippen molar-refractivity contribution in [2.45, 2.75) is 12.8 Å². The molecular weight excluding hydrogens is 196 g/mol. The molecule has 0 amide bonds. The smallest absolute Gasteiger partial charge is 0.303 e. The van der Waals surface area contributed by atoms with Gasteiger partial charge in [0.2, 0.25) is 0 Å². The van der Waals surface area contributed by atoms with Crippen LogP contribution in [0, 0.1) is 0 Å². The number of carboxylic acid groups (broad SMARTS) is 1. The summed E-state index contributed by atoms with van der Waals surface area (Å²) >= 11 is 0. The van der Waals surface area contributed by atoms with Gasteiger partial charge < -0.3 is 16.0 Å². The molecule has 0 fully saturated rings. The van der Waals surface area contributed by atoms with E-state index in [2.05, 4.69) is 5.16 Å². The minimum Gasteiger partial charge on any atom is -0.481 e. The Kier molecular flexibility index (Phi) is 3.68. The standard InChI is InChI=1S/C10H12N2O3/c11-10(12-15)8-4-2-1-3-7(8)5-6-9(13)14/h1-4,15H,5-6H2,(H2,11,12)(H,13,14). The van der Waals surface area contributed by atoms with Crippen LogP contribution in [0.5, 0.6) is 0 Å². The van der Waals surface area contributed by atoms with Gasteiger partial charge in [-0.05, 0) is 12.0 Å².